The van der Waals surface area contributed by atoms with Gasteiger partial charge in [-0.2, -0.15) is 0 Å². The first-order chi connectivity index (χ1) is 8.28. The fourth-order valence-corrected chi connectivity index (χ4v) is 3.45. The van der Waals surface area contributed by atoms with E-state index in [-0.39, 0.29) is 0 Å². The van der Waals surface area contributed by atoms with Crippen molar-refractivity contribution >= 4 is 0 Å². The van der Waals surface area contributed by atoms with Gasteiger partial charge in [-0.25, -0.2) is 0 Å². The first kappa shape index (κ1) is 13.3. The number of piperidine rings is 2. The second kappa shape index (κ2) is 6.72. The maximum absolute atomic E-state index is 5.30. The van der Waals surface area contributed by atoms with E-state index in [1.54, 1.807) is 0 Å². The molecule has 3 nitrogen and oxygen atoms in total. The molecule has 2 saturated heterocycles. The van der Waals surface area contributed by atoms with Crippen molar-refractivity contribution in [3.05, 3.63) is 0 Å². The van der Waals surface area contributed by atoms with Gasteiger partial charge < -0.3 is 15.0 Å². The Bertz CT molecular complexity index is 220. The van der Waals surface area contributed by atoms with Crippen molar-refractivity contribution in [2.45, 2.75) is 38.6 Å². The van der Waals surface area contributed by atoms with Gasteiger partial charge in [-0.1, -0.05) is 0 Å². The van der Waals surface area contributed by atoms with Gasteiger partial charge in [0, 0.05) is 26.2 Å². The van der Waals surface area contributed by atoms with Crippen molar-refractivity contribution in [1.82, 2.24) is 10.2 Å². The van der Waals surface area contributed by atoms with Crippen LogP contribution in [0.1, 0.15) is 32.6 Å². The van der Waals surface area contributed by atoms with Gasteiger partial charge in [0.15, 0.2) is 0 Å². The van der Waals surface area contributed by atoms with Gasteiger partial charge in [0.25, 0.3) is 0 Å². The summed E-state index contributed by atoms with van der Waals surface area (Å²) in [5.41, 5.74) is 0. The lowest BCUT2D eigenvalue weighted by atomic mass is 9.91. The molecule has 0 aliphatic carbocycles. The molecule has 0 aromatic heterocycles. The molecule has 0 amide bonds. The summed E-state index contributed by atoms with van der Waals surface area (Å²) in [5, 5.41) is 3.54. The third kappa shape index (κ3) is 4.23. The van der Waals surface area contributed by atoms with E-state index < -0.39 is 0 Å². The van der Waals surface area contributed by atoms with E-state index in [9.17, 15) is 0 Å². The first-order valence-electron chi connectivity index (χ1n) is 7.22. The average molecular weight is 240 g/mol. The van der Waals surface area contributed by atoms with Crippen LogP contribution in [0.25, 0.3) is 0 Å². The molecule has 3 heteroatoms. The number of ether oxygens (including phenoxy) is 1. The predicted octanol–water partition coefficient (Wildman–Crippen LogP) is 1.73. The lowest BCUT2D eigenvalue weighted by Gasteiger charge is -2.37. The van der Waals surface area contributed by atoms with Crippen LogP contribution in [0.5, 0.6) is 0 Å². The standard InChI is InChI=1S/C14H28N2O/c1-12-8-13(5-6-15-12)9-16-7-3-4-14(10-16)11-17-2/h12-15H,3-11H2,1-2H3. The summed E-state index contributed by atoms with van der Waals surface area (Å²) >= 11 is 0. The monoisotopic (exact) mass is 240 g/mol. The minimum Gasteiger partial charge on any atom is -0.384 e. The highest BCUT2D eigenvalue weighted by Crippen LogP contribution is 2.22. The molecular formula is C14H28N2O. The SMILES string of the molecule is COCC1CCCN(CC2CCNC(C)C2)C1. The summed E-state index contributed by atoms with van der Waals surface area (Å²) in [6, 6.07) is 0.716. The Labute approximate surface area is 106 Å². The maximum atomic E-state index is 5.30. The van der Waals surface area contributed by atoms with Gasteiger partial charge in [-0.05, 0) is 57.5 Å². The number of rotatable bonds is 4. The second-order valence-corrected chi connectivity index (χ2v) is 5.97. The molecule has 2 rings (SSSR count). The van der Waals surface area contributed by atoms with Crippen LogP contribution in [0.3, 0.4) is 0 Å². The van der Waals surface area contributed by atoms with Crippen LogP contribution in [0, 0.1) is 11.8 Å². The van der Waals surface area contributed by atoms with Crippen molar-refractivity contribution in [1.29, 1.82) is 0 Å². The Morgan fingerprint density at radius 3 is 2.94 bits per heavy atom. The minimum atomic E-state index is 0.716. The molecule has 0 saturated carbocycles. The highest BCUT2D eigenvalue weighted by Gasteiger charge is 2.24. The average Bonchev–Trinajstić information content (AvgIpc) is 2.30. The summed E-state index contributed by atoms with van der Waals surface area (Å²) in [5.74, 6) is 1.68. The Kier molecular flexibility index (Phi) is 5.26. The molecular weight excluding hydrogens is 212 g/mol. The van der Waals surface area contributed by atoms with Crippen molar-refractivity contribution in [2.24, 2.45) is 11.8 Å². The van der Waals surface area contributed by atoms with Crippen LogP contribution in [0.15, 0.2) is 0 Å². The summed E-state index contributed by atoms with van der Waals surface area (Å²) in [6.45, 7) is 8.34. The number of hydrogen-bond donors (Lipinski definition) is 1. The van der Waals surface area contributed by atoms with Crippen molar-refractivity contribution in [3.63, 3.8) is 0 Å². The van der Waals surface area contributed by atoms with Gasteiger partial charge >= 0.3 is 0 Å². The first-order valence-corrected chi connectivity index (χ1v) is 7.22. The molecule has 0 aromatic rings. The smallest absolute Gasteiger partial charge is 0.0502 e. The predicted molar refractivity (Wildman–Crippen MR) is 71.2 cm³/mol. The third-order valence-corrected chi connectivity index (χ3v) is 4.25. The van der Waals surface area contributed by atoms with Gasteiger partial charge in [0.2, 0.25) is 0 Å². The van der Waals surface area contributed by atoms with Crippen molar-refractivity contribution in [3.8, 4) is 0 Å². The van der Waals surface area contributed by atoms with Crippen LogP contribution >= 0.6 is 0 Å². The van der Waals surface area contributed by atoms with Crippen LogP contribution < -0.4 is 5.32 Å². The molecule has 3 unspecified atom stereocenters. The summed E-state index contributed by atoms with van der Waals surface area (Å²) in [4.78, 5) is 2.68. The molecule has 0 radical (unpaired) electrons. The van der Waals surface area contributed by atoms with E-state index in [0.29, 0.717) is 6.04 Å². The minimum absolute atomic E-state index is 0.716. The fraction of sp³-hybridized carbons (Fsp3) is 1.00. The number of likely N-dealkylation sites (tertiary alicyclic amines) is 1. The molecule has 2 aliphatic heterocycles. The largest absolute Gasteiger partial charge is 0.384 e. The molecule has 2 heterocycles. The number of nitrogens with one attached hydrogen (secondary N) is 1. The zero-order valence-corrected chi connectivity index (χ0v) is 11.5. The Morgan fingerprint density at radius 1 is 1.29 bits per heavy atom. The molecule has 1 N–H and O–H groups in total. The van der Waals surface area contributed by atoms with E-state index in [2.05, 4.69) is 17.1 Å². The van der Waals surface area contributed by atoms with E-state index in [0.717, 1.165) is 18.4 Å². The normalized spacial score (nSPS) is 36.0. The van der Waals surface area contributed by atoms with E-state index in [4.69, 9.17) is 4.74 Å². The zero-order valence-electron chi connectivity index (χ0n) is 11.5. The van der Waals surface area contributed by atoms with Crippen molar-refractivity contribution < 1.29 is 4.74 Å². The summed E-state index contributed by atoms with van der Waals surface area (Å²) in [6.07, 6.45) is 5.42. The van der Waals surface area contributed by atoms with Crippen LogP contribution in [-0.4, -0.2) is 50.8 Å². The van der Waals surface area contributed by atoms with Crippen LogP contribution in [0.2, 0.25) is 0 Å². The maximum Gasteiger partial charge on any atom is 0.0502 e. The number of nitrogens with zero attached hydrogens (tertiary/aromatic N) is 1. The van der Waals surface area contributed by atoms with E-state index in [1.165, 1.54) is 51.9 Å². The lowest BCUT2D eigenvalue weighted by molar-refractivity contribution is 0.0775. The topological polar surface area (TPSA) is 24.5 Å². The Balaban J connectivity index is 1.74. The molecule has 17 heavy (non-hydrogen) atoms. The van der Waals surface area contributed by atoms with Gasteiger partial charge in [0.1, 0.15) is 0 Å². The number of hydrogen-bond acceptors (Lipinski definition) is 3. The highest BCUT2D eigenvalue weighted by molar-refractivity contribution is 4.80. The summed E-state index contributed by atoms with van der Waals surface area (Å²) < 4.78 is 5.30. The zero-order chi connectivity index (χ0) is 12.1. The molecule has 2 fully saturated rings. The van der Waals surface area contributed by atoms with E-state index in [1.807, 2.05) is 7.11 Å². The van der Waals surface area contributed by atoms with Gasteiger partial charge in [-0.15, -0.1) is 0 Å². The highest BCUT2D eigenvalue weighted by atomic mass is 16.5. The number of methoxy groups -OCH3 is 1. The lowest BCUT2D eigenvalue weighted by Crippen LogP contribution is -2.44. The van der Waals surface area contributed by atoms with Gasteiger partial charge in [-0.3, -0.25) is 0 Å². The Morgan fingerprint density at radius 2 is 2.18 bits per heavy atom. The van der Waals surface area contributed by atoms with Crippen molar-refractivity contribution in [2.75, 3.05) is 39.9 Å². The molecule has 2 aliphatic rings. The molecule has 0 aromatic carbocycles. The van der Waals surface area contributed by atoms with E-state index >= 15 is 0 Å². The molecule has 0 bridgehead atoms. The summed E-state index contributed by atoms with van der Waals surface area (Å²) in [7, 11) is 1.83. The molecule has 3 atom stereocenters. The second-order valence-electron chi connectivity index (χ2n) is 5.97. The molecule has 0 spiro atoms. The quantitative estimate of drug-likeness (QED) is 0.810. The van der Waals surface area contributed by atoms with Gasteiger partial charge in [0.05, 0.1) is 6.61 Å². The van der Waals surface area contributed by atoms with Crippen LogP contribution in [0.4, 0.5) is 0 Å². The molecule has 100 valence electrons. The Hall–Kier alpha value is -0.120. The third-order valence-electron chi connectivity index (χ3n) is 4.25. The van der Waals surface area contributed by atoms with Crippen LogP contribution in [-0.2, 0) is 4.74 Å². The fourth-order valence-electron chi connectivity index (χ4n) is 3.45.